The van der Waals surface area contributed by atoms with Crippen LogP contribution in [0.3, 0.4) is 0 Å². The molecule has 0 aliphatic rings. The number of hydrogen-bond donors (Lipinski definition) is 1. The van der Waals surface area contributed by atoms with Crippen molar-refractivity contribution in [2.24, 2.45) is 0 Å². The Morgan fingerprint density at radius 3 is 2.08 bits per heavy atom. The third kappa shape index (κ3) is 4.03. The maximum Gasteiger partial charge on any atom is 0.569 e. The Morgan fingerprint density at radius 1 is 0.760 bits per heavy atom. The molecule has 0 aliphatic carbocycles. The Balaban J connectivity index is 0.000000146. The van der Waals surface area contributed by atoms with Gasteiger partial charge in [-0.25, -0.2) is 0 Å². The van der Waals surface area contributed by atoms with Gasteiger partial charge < -0.3 is 9.68 Å². The summed E-state index contributed by atoms with van der Waals surface area (Å²) in [5.74, 6) is 0.667. The van der Waals surface area contributed by atoms with Gasteiger partial charge in [0, 0.05) is 9.86 Å². The van der Waals surface area contributed by atoms with E-state index in [1.54, 1.807) is 0 Å². The van der Waals surface area contributed by atoms with Crippen molar-refractivity contribution in [2.75, 3.05) is 0 Å². The number of benzene rings is 4. The zero-order chi connectivity index (χ0) is 17.6. The van der Waals surface area contributed by atoms with Crippen LogP contribution in [0.25, 0.3) is 21.5 Å². The van der Waals surface area contributed by atoms with E-state index in [1.807, 2.05) is 42.5 Å². The highest BCUT2D eigenvalue weighted by atomic mass is 79.9. The number of rotatable bonds is 2. The molecule has 0 bridgehead atoms. The van der Waals surface area contributed by atoms with Crippen molar-refractivity contribution in [3.63, 3.8) is 0 Å². The second kappa shape index (κ2) is 8.19. The molecule has 0 amide bonds. The van der Waals surface area contributed by atoms with Crippen molar-refractivity contribution in [3.05, 3.63) is 88.9 Å². The highest BCUT2D eigenvalue weighted by molar-refractivity contribution is 9.10. The molecule has 25 heavy (non-hydrogen) atoms. The Morgan fingerprint density at radius 2 is 1.36 bits per heavy atom. The molecule has 0 fully saturated rings. The first-order chi connectivity index (χ1) is 12.2. The van der Waals surface area contributed by atoms with Gasteiger partial charge in [-0.3, -0.25) is 0 Å². The SMILES string of the molecule is Cc1ccc2ccccc2c1Br.O[B]Oc1cccc2ccccc12. The summed E-state index contributed by atoms with van der Waals surface area (Å²) in [6.07, 6.45) is 0. The van der Waals surface area contributed by atoms with Gasteiger partial charge in [0.25, 0.3) is 0 Å². The summed E-state index contributed by atoms with van der Waals surface area (Å²) in [4.78, 5) is 0. The number of hydrogen-bond acceptors (Lipinski definition) is 2. The molecule has 0 aliphatic heterocycles. The first-order valence-corrected chi connectivity index (χ1v) is 8.74. The quantitative estimate of drug-likeness (QED) is 0.447. The molecule has 4 heteroatoms. The molecular weight excluding hydrogens is 375 g/mol. The van der Waals surface area contributed by atoms with E-state index in [2.05, 4.69) is 59.3 Å². The smallest absolute Gasteiger partial charge is 0.537 e. The molecule has 0 unspecified atom stereocenters. The Hall–Kier alpha value is -2.30. The van der Waals surface area contributed by atoms with Crippen molar-refractivity contribution in [1.29, 1.82) is 0 Å². The predicted molar refractivity (Wildman–Crippen MR) is 109 cm³/mol. The molecule has 0 heterocycles. The van der Waals surface area contributed by atoms with E-state index in [4.69, 9.17) is 9.68 Å². The second-order valence-corrected chi connectivity index (χ2v) is 6.41. The lowest BCUT2D eigenvalue weighted by molar-refractivity contribution is 0.457. The van der Waals surface area contributed by atoms with E-state index in [0.717, 1.165) is 10.8 Å². The fourth-order valence-electron chi connectivity index (χ4n) is 2.70. The minimum absolute atomic E-state index is 0.667. The maximum atomic E-state index is 8.53. The fourth-order valence-corrected chi connectivity index (χ4v) is 3.19. The monoisotopic (exact) mass is 391 g/mol. The van der Waals surface area contributed by atoms with E-state index >= 15 is 0 Å². The van der Waals surface area contributed by atoms with Crippen molar-refractivity contribution < 1.29 is 9.68 Å². The molecule has 4 aromatic rings. The van der Waals surface area contributed by atoms with Crippen molar-refractivity contribution >= 4 is 45.2 Å². The lowest BCUT2D eigenvalue weighted by Crippen LogP contribution is -1.99. The molecule has 4 aromatic carbocycles. The lowest BCUT2D eigenvalue weighted by Gasteiger charge is -2.05. The van der Waals surface area contributed by atoms with E-state index in [9.17, 15) is 0 Å². The average Bonchev–Trinajstić information content (AvgIpc) is 2.66. The molecule has 0 saturated heterocycles. The zero-order valence-corrected chi connectivity index (χ0v) is 15.4. The molecule has 0 saturated carbocycles. The van der Waals surface area contributed by atoms with Crippen LogP contribution in [0.15, 0.2) is 83.3 Å². The van der Waals surface area contributed by atoms with Gasteiger partial charge in [-0.05, 0) is 50.6 Å². The van der Waals surface area contributed by atoms with Gasteiger partial charge in [-0.1, -0.05) is 72.8 Å². The first-order valence-electron chi connectivity index (χ1n) is 7.95. The first kappa shape index (κ1) is 17.5. The third-order valence-electron chi connectivity index (χ3n) is 3.99. The minimum atomic E-state index is 0.667. The van der Waals surface area contributed by atoms with Crippen molar-refractivity contribution in [3.8, 4) is 5.75 Å². The van der Waals surface area contributed by atoms with E-state index in [0.29, 0.717) is 13.4 Å². The third-order valence-corrected chi connectivity index (χ3v) is 5.04. The summed E-state index contributed by atoms with van der Waals surface area (Å²) in [7, 11) is 0.696. The summed E-state index contributed by atoms with van der Waals surface area (Å²) in [5, 5.41) is 13.2. The van der Waals surface area contributed by atoms with Crippen LogP contribution in [-0.2, 0) is 0 Å². The molecular formula is C21H17BBrO2. The van der Waals surface area contributed by atoms with Crippen LogP contribution >= 0.6 is 15.9 Å². The summed E-state index contributed by atoms with van der Waals surface area (Å²) < 4.78 is 6.16. The van der Waals surface area contributed by atoms with Crippen molar-refractivity contribution in [1.82, 2.24) is 0 Å². The van der Waals surface area contributed by atoms with Crippen LogP contribution < -0.4 is 4.65 Å². The molecule has 1 N–H and O–H groups in total. The molecule has 2 nitrogen and oxygen atoms in total. The normalized spacial score (nSPS) is 10.2. The maximum absolute atomic E-state index is 8.53. The molecule has 123 valence electrons. The molecule has 0 spiro atoms. The summed E-state index contributed by atoms with van der Waals surface area (Å²) in [6.45, 7) is 2.11. The van der Waals surface area contributed by atoms with Gasteiger partial charge in [0.15, 0.2) is 0 Å². The largest absolute Gasteiger partial charge is 0.569 e. The van der Waals surface area contributed by atoms with Crippen LogP contribution in [0.2, 0.25) is 0 Å². The summed E-state index contributed by atoms with van der Waals surface area (Å²) in [5.41, 5.74) is 1.29. The summed E-state index contributed by atoms with van der Waals surface area (Å²) in [6, 6.07) is 26.2. The van der Waals surface area contributed by atoms with Crippen LogP contribution in [0.1, 0.15) is 5.56 Å². The van der Waals surface area contributed by atoms with Gasteiger partial charge >= 0.3 is 7.69 Å². The van der Waals surface area contributed by atoms with Gasteiger partial charge in [-0.2, -0.15) is 0 Å². The van der Waals surface area contributed by atoms with Crippen LogP contribution in [-0.4, -0.2) is 12.7 Å². The predicted octanol–water partition coefficient (Wildman–Crippen LogP) is 5.66. The highest BCUT2D eigenvalue weighted by Crippen LogP contribution is 2.26. The Bertz CT molecular complexity index is 996. The number of halogens is 1. The molecule has 0 aromatic heterocycles. The molecule has 0 atom stereocenters. The highest BCUT2D eigenvalue weighted by Gasteiger charge is 2.00. The molecule has 4 rings (SSSR count). The lowest BCUT2D eigenvalue weighted by atomic mass is 10.1. The van der Waals surface area contributed by atoms with Gasteiger partial charge in [0.05, 0.1) is 0 Å². The number of fused-ring (bicyclic) bond motifs is 2. The Kier molecular flexibility index (Phi) is 5.74. The topological polar surface area (TPSA) is 29.5 Å². The molecule has 1 radical (unpaired) electrons. The van der Waals surface area contributed by atoms with Gasteiger partial charge in [-0.15, -0.1) is 0 Å². The second-order valence-electron chi connectivity index (χ2n) is 5.62. The minimum Gasteiger partial charge on any atom is -0.537 e. The fraction of sp³-hybridized carbons (Fsp3) is 0.0476. The standard InChI is InChI=1S/C11H9Br.C10H8BO2/c1-8-6-7-9-4-2-3-5-10(9)11(8)12;12-11-13-10-7-3-5-8-4-1-2-6-9(8)10/h2-7H,1H3;1-7,12H. The van der Waals surface area contributed by atoms with E-state index < -0.39 is 0 Å². The Labute approximate surface area is 156 Å². The van der Waals surface area contributed by atoms with Crippen LogP contribution in [0, 0.1) is 6.92 Å². The van der Waals surface area contributed by atoms with E-state index in [-0.39, 0.29) is 0 Å². The average molecular weight is 392 g/mol. The van der Waals surface area contributed by atoms with Gasteiger partial charge in [0.2, 0.25) is 0 Å². The van der Waals surface area contributed by atoms with Crippen molar-refractivity contribution in [2.45, 2.75) is 6.92 Å². The zero-order valence-electron chi connectivity index (χ0n) is 13.8. The van der Waals surface area contributed by atoms with Gasteiger partial charge in [0.1, 0.15) is 5.75 Å². The summed E-state index contributed by atoms with van der Waals surface area (Å²) >= 11 is 3.58. The van der Waals surface area contributed by atoms with E-state index in [1.165, 1.54) is 20.8 Å². The van der Waals surface area contributed by atoms with Crippen LogP contribution in [0.5, 0.6) is 5.75 Å². The number of aryl methyl sites for hydroxylation is 1. The van der Waals surface area contributed by atoms with Crippen LogP contribution in [0.4, 0.5) is 0 Å².